The van der Waals surface area contributed by atoms with E-state index in [-0.39, 0.29) is 0 Å². The first-order valence-corrected chi connectivity index (χ1v) is 7.61. The maximum absolute atomic E-state index is 12.0. The van der Waals surface area contributed by atoms with Crippen molar-refractivity contribution in [3.8, 4) is 11.5 Å². The fraction of sp³-hybridized carbons (Fsp3) is 0.222. The Kier molecular flexibility index (Phi) is 6.79. The Morgan fingerprint density at radius 3 is 2.42 bits per heavy atom. The number of carbonyl (C=O) groups is 2. The SMILES string of the molecule is COCCCNC(=O)C(=O)Nc1ccccc1Oc1ccccc1. The Morgan fingerprint density at radius 1 is 0.958 bits per heavy atom. The molecule has 6 heteroatoms. The van der Waals surface area contributed by atoms with Gasteiger partial charge in [0.05, 0.1) is 5.69 Å². The van der Waals surface area contributed by atoms with E-state index in [0.717, 1.165) is 0 Å². The summed E-state index contributed by atoms with van der Waals surface area (Å²) in [5, 5.41) is 5.10. The average Bonchev–Trinajstić information content (AvgIpc) is 2.61. The highest BCUT2D eigenvalue weighted by Gasteiger charge is 2.15. The minimum Gasteiger partial charge on any atom is -0.455 e. The van der Waals surface area contributed by atoms with Crippen LogP contribution in [0.1, 0.15) is 6.42 Å². The van der Waals surface area contributed by atoms with Gasteiger partial charge < -0.3 is 20.1 Å². The van der Waals surface area contributed by atoms with Crippen LogP contribution in [0.25, 0.3) is 0 Å². The Labute approximate surface area is 140 Å². The number of nitrogens with one attached hydrogen (secondary N) is 2. The van der Waals surface area contributed by atoms with Crippen LogP contribution in [0.5, 0.6) is 11.5 Å². The van der Waals surface area contributed by atoms with Crippen molar-refractivity contribution < 1.29 is 19.1 Å². The number of ether oxygens (including phenoxy) is 2. The molecule has 0 aliphatic carbocycles. The highest BCUT2D eigenvalue weighted by molar-refractivity contribution is 6.39. The molecule has 0 radical (unpaired) electrons. The molecule has 0 aromatic heterocycles. The number of anilines is 1. The number of rotatable bonds is 7. The van der Waals surface area contributed by atoms with Gasteiger partial charge in [0.2, 0.25) is 0 Å². The van der Waals surface area contributed by atoms with Gasteiger partial charge in [0.1, 0.15) is 5.75 Å². The lowest BCUT2D eigenvalue weighted by molar-refractivity contribution is -0.136. The summed E-state index contributed by atoms with van der Waals surface area (Å²) in [6.07, 6.45) is 0.642. The number of para-hydroxylation sites is 3. The van der Waals surface area contributed by atoms with E-state index in [9.17, 15) is 9.59 Å². The number of hydrogen-bond donors (Lipinski definition) is 2. The van der Waals surface area contributed by atoms with Gasteiger partial charge >= 0.3 is 11.8 Å². The maximum atomic E-state index is 12.0. The van der Waals surface area contributed by atoms with Crippen LogP contribution in [-0.2, 0) is 14.3 Å². The summed E-state index contributed by atoms with van der Waals surface area (Å²) in [6, 6.07) is 16.1. The third-order valence-electron chi connectivity index (χ3n) is 3.12. The molecule has 126 valence electrons. The molecule has 0 unspecified atom stereocenters. The normalized spacial score (nSPS) is 10.0. The van der Waals surface area contributed by atoms with Gasteiger partial charge in [-0.3, -0.25) is 9.59 Å². The Hall–Kier alpha value is -2.86. The molecule has 2 aromatic rings. The van der Waals surface area contributed by atoms with Crippen LogP contribution in [0.2, 0.25) is 0 Å². The van der Waals surface area contributed by atoms with E-state index < -0.39 is 11.8 Å². The second kappa shape index (κ2) is 9.32. The molecule has 2 amide bonds. The van der Waals surface area contributed by atoms with E-state index in [1.807, 2.05) is 18.2 Å². The van der Waals surface area contributed by atoms with E-state index >= 15 is 0 Å². The molecule has 0 bridgehead atoms. The molecule has 0 aliphatic heterocycles. The fourth-order valence-corrected chi connectivity index (χ4v) is 1.95. The number of amides is 2. The highest BCUT2D eigenvalue weighted by atomic mass is 16.5. The van der Waals surface area contributed by atoms with Crippen LogP contribution in [0.15, 0.2) is 54.6 Å². The standard InChI is InChI=1S/C18H20N2O4/c1-23-13-7-12-19-17(21)18(22)20-15-10-5-6-11-16(15)24-14-8-3-2-4-9-14/h2-6,8-11H,7,12-13H2,1H3,(H,19,21)(H,20,22). The quantitative estimate of drug-likeness (QED) is 0.605. The van der Waals surface area contributed by atoms with E-state index in [1.165, 1.54) is 0 Å². The fourth-order valence-electron chi connectivity index (χ4n) is 1.95. The average molecular weight is 328 g/mol. The smallest absolute Gasteiger partial charge is 0.313 e. The molecule has 2 rings (SSSR count). The first-order valence-electron chi connectivity index (χ1n) is 7.61. The third-order valence-corrected chi connectivity index (χ3v) is 3.12. The number of methoxy groups -OCH3 is 1. The Bertz CT molecular complexity index is 674. The lowest BCUT2D eigenvalue weighted by Crippen LogP contribution is -2.36. The molecule has 24 heavy (non-hydrogen) atoms. The summed E-state index contributed by atoms with van der Waals surface area (Å²) in [7, 11) is 1.58. The first kappa shape index (κ1) is 17.5. The zero-order valence-electron chi connectivity index (χ0n) is 13.5. The third kappa shape index (κ3) is 5.40. The van der Waals surface area contributed by atoms with E-state index in [1.54, 1.807) is 43.5 Å². The molecular formula is C18H20N2O4. The molecule has 0 aliphatic rings. The summed E-state index contributed by atoms with van der Waals surface area (Å²) in [5.41, 5.74) is 0.429. The molecule has 0 saturated heterocycles. The zero-order valence-corrected chi connectivity index (χ0v) is 13.5. The molecule has 0 spiro atoms. The predicted molar refractivity (Wildman–Crippen MR) is 91.1 cm³/mol. The lowest BCUT2D eigenvalue weighted by atomic mass is 10.2. The predicted octanol–water partition coefficient (Wildman–Crippen LogP) is 2.57. The molecule has 0 fully saturated rings. The monoisotopic (exact) mass is 328 g/mol. The summed E-state index contributed by atoms with van der Waals surface area (Å²) < 4.78 is 10.6. The van der Waals surface area contributed by atoms with Crippen molar-refractivity contribution in [2.75, 3.05) is 25.6 Å². The van der Waals surface area contributed by atoms with Crippen molar-refractivity contribution in [1.82, 2.24) is 5.32 Å². The van der Waals surface area contributed by atoms with Gasteiger partial charge in [-0.1, -0.05) is 30.3 Å². The second-order valence-corrected chi connectivity index (χ2v) is 4.97. The molecule has 0 heterocycles. The van der Waals surface area contributed by atoms with Gasteiger partial charge in [-0.05, 0) is 30.7 Å². The van der Waals surface area contributed by atoms with Crippen molar-refractivity contribution in [3.05, 3.63) is 54.6 Å². The molecule has 0 saturated carbocycles. The zero-order chi connectivity index (χ0) is 17.2. The van der Waals surface area contributed by atoms with E-state index in [2.05, 4.69) is 10.6 Å². The molecule has 6 nitrogen and oxygen atoms in total. The van der Waals surface area contributed by atoms with Gasteiger partial charge in [-0.25, -0.2) is 0 Å². The lowest BCUT2D eigenvalue weighted by Gasteiger charge is -2.12. The van der Waals surface area contributed by atoms with Crippen molar-refractivity contribution in [1.29, 1.82) is 0 Å². The second-order valence-electron chi connectivity index (χ2n) is 4.97. The van der Waals surface area contributed by atoms with E-state index in [0.29, 0.717) is 36.8 Å². The van der Waals surface area contributed by atoms with Gasteiger partial charge in [0.15, 0.2) is 5.75 Å². The first-order chi connectivity index (χ1) is 11.7. The maximum Gasteiger partial charge on any atom is 0.313 e. The van der Waals surface area contributed by atoms with Crippen LogP contribution < -0.4 is 15.4 Å². The molecule has 2 N–H and O–H groups in total. The van der Waals surface area contributed by atoms with Gasteiger partial charge in [0.25, 0.3) is 0 Å². The highest BCUT2D eigenvalue weighted by Crippen LogP contribution is 2.28. The minimum absolute atomic E-state index is 0.377. The number of carbonyl (C=O) groups excluding carboxylic acids is 2. The van der Waals surface area contributed by atoms with Crippen molar-refractivity contribution in [2.24, 2.45) is 0 Å². The Balaban J connectivity index is 1.96. The molecule has 0 atom stereocenters. The van der Waals surface area contributed by atoms with Gasteiger partial charge in [-0.15, -0.1) is 0 Å². The van der Waals surface area contributed by atoms with Crippen LogP contribution in [0.4, 0.5) is 5.69 Å². The van der Waals surface area contributed by atoms with Crippen LogP contribution in [0.3, 0.4) is 0 Å². The summed E-state index contributed by atoms with van der Waals surface area (Å²) in [4.78, 5) is 23.7. The molecule has 2 aromatic carbocycles. The van der Waals surface area contributed by atoms with Crippen molar-refractivity contribution >= 4 is 17.5 Å². The summed E-state index contributed by atoms with van der Waals surface area (Å²) in [5.74, 6) is -0.329. The number of hydrogen-bond acceptors (Lipinski definition) is 4. The number of benzene rings is 2. The van der Waals surface area contributed by atoms with Crippen LogP contribution in [0, 0.1) is 0 Å². The van der Waals surface area contributed by atoms with Crippen LogP contribution >= 0.6 is 0 Å². The van der Waals surface area contributed by atoms with Crippen LogP contribution in [-0.4, -0.2) is 32.1 Å². The minimum atomic E-state index is -0.739. The van der Waals surface area contributed by atoms with Gasteiger partial charge in [0, 0.05) is 20.3 Å². The van der Waals surface area contributed by atoms with Gasteiger partial charge in [-0.2, -0.15) is 0 Å². The summed E-state index contributed by atoms with van der Waals surface area (Å²) in [6.45, 7) is 0.901. The van der Waals surface area contributed by atoms with E-state index in [4.69, 9.17) is 9.47 Å². The largest absolute Gasteiger partial charge is 0.455 e. The Morgan fingerprint density at radius 2 is 1.67 bits per heavy atom. The van der Waals surface area contributed by atoms with Crippen molar-refractivity contribution in [2.45, 2.75) is 6.42 Å². The summed E-state index contributed by atoms with van der Waals surface area (Å²) >= 11 is 0. The van der Waals surface area contributed by atoms with Crippen molar-refractivity contribution in [3.63, 3.8) is 0 Å². The topological polar surface area (TPSA) is 76.7 Å². The molecular weight excluding hydrogens is 308 g/mol.